The summed E-state index contributed by atoms with van der Waals surface area (Å²) < 4.78 is 21.5. The van der Waals surface area contributed by atoms with Gasteiger partial charge in [-0.3, -0.25) is 14.8 Å². The number of hydrogen-bond donors (Lipinski definition) is 2. The van der Waals surface area contributed by atoms with Crippen LogP contribution in [0.2, 0.25) is 0 Å². The largest absolute Gasteiger partial charge is 0.453 e. The zero-order valence-corrected chi connectivity index (χ0v) is 22.2. The number of nitrogens with one attached hydrogen (secondary N) is 2. The van der Waals surface area contributed by atoms with Gasteiger partial charge in [0.05, 0.1) is 20.8 Å². The number of carbonyl (C=O) groups excluding carboxylic acids is 2. The summed E-state index contributed by atoms with van der Waals surface area (Å²) >= 11 is 1.49. The van der Waals surface area contributed by atoms with E-state index >= 15 is 0 Å². The van der Waals surface area contributed by atoms with Crippen LogP contribution in [0.15, 0.2) is 47.6 Å². The summed E-state index contributed by atoms with van der Waals surface area (Å²) in [4.78, 5) is 36.0. The van der Waals surface area contributed by atoms with Gasteiger partial charge >= 0.3 is 6.03 Å². The van der Waals surface area contributed by atoms with Crippen LogP contribution in [-0.4, -0.2) is 47.2 Å². The SMILES string of the molecule is CCC(=O)N(CC)CC1C=NC(c2cc3nccc(Oc4ccc(NC(=O)NC5CC5)cc4F)c3s2)=CC1. The van der Waals surface area contributed by atoms with Crippen molar-refractivity contribution in [2.45, 2.75) is 45.6 Å². The molecule has 3 amide bonds. The van der Waals surface area contributed by atoms with Crippen LogP contribution in [0.1, 0.15) is 44.4 Å². The number of allylic oxidation sites excluding steroid dienone is 1. The normalized spacial score (nSPS) is 16.7. The molecule has 2 aliphatic rings. The number of nitrogens with zero attached hydrogens (tertiary/aromatic N) is 3. The lowest BCUT2D eigenvalue weighted by atomic mass is 10.0. The zero-order chi connectivity index (χ0) is 26.6. The van der Waals surface area contributed by atoms with Crippen molar-refractivity contribution in [3.05, 3.63) is 53.3 Å². The number of carbonyl (C=O) groups is 2. The van der Waals surface area contributed by atoms with E-state index in [1.165, 1.54) is 23.5 Å². The first-order chi connectivity index (χ1) is 18.4. The number of thiophene rings is 1. The lowest BCUT2D eigenvalue weighted by Gasteiger charge is -2.25. The number of halogens is 1. The van der Waals surface area contributed by atoms with Crippen LogP contribution in [0.4, 0.5) is 14.9 Å². The van der Waals surface area contributed by atoms with Gasteiger partial charge in [-0.25, -0.2) is 9.18 Å². The number of amides is 3. The molecular weight excluding hydrogens is 505 g/mol. The quantitative estimate of drug-likeness (QED) is 0.341. The molecular formula is C28H30FN5O3S. The summed E-state index contributed by atoms with van der Waals surface area (Å²) in [5.74, 6) is 0.304. The molecule has 1 saturated carbocycles. The van der Waals surface area contributed by atoms with Crippen molar-refractivity contribution in [1.82, 2.24) is 15.2 Å². The van der Waals surface area contributed by atoms with Crippen molar-refractivity contribution >= 4 is 51.1 Å². The number of aliphatic imine (C=N–C) groups is 1. The highest BCUT2D eigenvalue weighted by Crippen LogP contribution is 2.39. The molecule has 2 N–H and O–H groups in total. The fraction of sp³-hybridized carbons (Fsp3) is 0.357. The molecule has 1 aliphatic heterocycles. The van der Waals surface area contributed by atoms with E-state index in [1.54, 1.807) is 18.3 Å². The van der Waals surface area contributed by atoms with Crippen molar-refractivity contribution in [1.29, 1.82) is 0 Å². The van der Waals surface area contributed by atoms with E-state index < -0.39 is 5.82 Å². The Morgan fingerprint density at radius 2 is 2.03 bits per heavy atom. The second-order valence-corrected chi connectivity index (χ2v) is 10.5. The summed E-state index contributed by atoms with van der Waals surface area (Å²) in [6, 6.07) is 7.88. The number of pyridine rings is 1. The Labute approximate surface area is 224 Å². The molecule has 1 unspecified atom stereocenters. The molecule has 8 nitrogen and oxygen atoms in total. The molecule has 5 rings (SSSR count). The van der Waals surface area contributed by atoms with Gasteiger partial charge in [0.25, 0.3) is 0 Å². The molecule has 3 aromatic rings. The van der Waals surface area contributed by atoms with Gasteiger partial charge in [-0.2, -0.15) is 0 Å². The van der Waals surface area contributed by atoms with Crippen LogP contribution in [0.5, 0.6) is 11.5 Å². The van der Waals surface area contributed by atoms with Gasteiger partial charge in [0, 0.05) is 61.7 Å². The highest BCUT2D eigenvalue weighted by molar-refractivity contribution is 7.20. The number of ether oxygens (including phenoxy) is 1. The minimum absolute atomic E-state index is 0.0560. The maximum Gasteiger partial charge on any atom is 0.319 e. The first-order valence-corrected chi connectivity index (χ1v) is 13.7. The van der Waals surface area contributed by atoms with E-state index in [1.807, 2.05) is 31.0 Å². The molecule has 0 spiro atoms. The number of benzene rings is 1. The third kappa shape index (κ3) is 6.02. The monoisotopic (exact) mass is 535 g/mol. The van der Waals surface area contributed by atoms with Crippen LogP contribution < -0.4 is 15.4 Å². The Morgan fingerprint density at radius 1 is 1.18 bits per heavy atom. The molecule has 1 atom stereocenters. The smallest absolute Gasteiger partial charge is 0.319 e. The van der Waals surface area contributed by atoms with Crippen molar-refractivity contribution in [3.63, 3.8) is 0 Å². The van der Waals surface area contributed by atoms with Crippen molar-refractivity contribution in [2.75, 3.05) is 18.4 Å². The highest BCUT2D eigenvalue weighted by atomic mass is 32.1. The summed E-state index contributed by atoms with van der Waals surface area (Å²) in [5, 5.41) is 5.45. The second kappa shape index (κ2) is 11.3. The Balaban J connectivity index is 1.27. The van der Waals surface area contributed by atoms with Crippen molar-refractivity contribution in [3.8, 4) is 11.5 Å². The van der Waals surface area contributed by atoms with Crippen LogP contribution in [0, 0.1) is 11.7 Å². The maximum atomic E-state index is 14.8. The summed E-state index contributed by atoms with van der Waals surface area (Å²) in [5.41, 5.74) is 1.95. The van der Waals surface area contributed by atoms with Gasteiger partial charge in [-0.05, 0) is 44.4 Å². The number of urea groups is 1. The maximum absolute atomic E-state index is 14.8. The fourth-order valence-electron chi connectivity index (χ4n) is 4.24. The highest BCUT2D eigenvalue weighted by Gasteiger charge is 2.23. The molecule has 1 fully saturated rings. The van der Waals surface area contributed by atoms with E-state index in [4.69, 9.17) is 4.74 Å². The van der Waals surface area contributed by atoms with E-state index in [0.717, 1.165) is 40.1 Å². The first-order valence-electron chi connectivity index (χ1n) is 12.9. The third-order valence-corrected chi connectivity index (χ3v) is 7.64. The lowest BCUT2D eigenvalue weighted by molar-refractivity contribution is -0.131. The molecule has 3 heterocycles. The van der Waals surface area contributed by atoms with Gasteiger partial charge in [0.2, 0.25) is 5.91 Å². The van der Waals surface area contributed by atoms with Gasteiger partial charge in [-0.1, -0.05) is 13.0 Å². The Bertz CT molecular complexity index is 1410. The number of aromatic nitrogens is 1. The van der Waals surface area contributed by atoms with E-state index in [9.17, 15) is 14.0 Å². The van der Waals surface area contributed by atoms with E-state index in [2.05, 4.69) is 26.7 Å². The minimum atomic E-state index is -0.579. The predicted molar refractivity (Wildman–Crippen MR) is 148 cm³/mol. The van der Waals surface area contributed by atoms with Crippen LogP contribution in [0.25, 0.3) is 15.9 Å². The topological polar surface area (TPSA) is 95.9 Å². The third-order valence-electron chi connectivity index (χ3n) is 6.48. The van der Waals surface area contributed by atoms with Gasteiger partial charge in [-0.15, -0.1) is 11.3 Å². The van der Waals surface area contributed by atoms with E-state index in [-0.39, 0.29) is 29.6 Å². The van der Waals surface area contributed by atoms with Crippen molar-refractivity contribution < 1.29 is 18.7 Å². The molecule has 198 valence electrons. The number of hydrogen-bond acceptors (Lipinski definition) is 6. The lowest BCUT2D eigenvalue weighted by Crippen LogP contribution is -2.35. The number of fused-ring (bicyclic) bond motifs is 1. The Hall–Kier alpha value is -3.79. The number of rotatable bonds is 9. The second-order valence-electron chi connectivity index (χ2n) is 9.40. The Morgan fingerprint density at radius 3 is 2.71 bits per heavy atom. The molecule has 10 heteroatoms. The average Bonchev–Trinajstić information content (AvgIpc) is 3.62. The Kier molecular flexibility index (Phi) is 7.69. The van der Waals surface area contributed by atoms with Crippen LogP contribution >= 0.6 is 11.3 Å². The molecule has 1 aliphatic carbocycles. The van der Waals surface area contributed by atoms with Gasteiger partial charge in [0.15, 0.2) is 11.6 Å². The standard InChI is InChI=1S/C28H30FN5O3S/c1-3-26(35)34(4-2)16-17-5-9-21(31-15-17)25-14-22-27(38-25)24(11-12-30-22)37-23-10-8-19(13-20(23)29)33-28(36)32-18-6-7-18/h8-15,17-18H,3-7,16H2,1-2H3,(H2,32,33,36). The van der Waals surface area contributed by atoms with Gasteiger partial charge < -0.3 is 20.3 Å². The summed E-state index contributed by atoms with van der Waals surface area (Å²) in [7, 11) is 0. The van der Waals surface area contributed by atoms with Crippen LogP contribution in [0.3, 0.4) is 0 Å². The number of anilines is 1. The molecule has 38 heavy (non-hydrogen) atoms. The molecule has 2 aromatic heterocycles. The summed E-state index contributed by atoms with van der Waals surface area (Å²) in [6.07, 6.45) is 8.88. The molecule has 1 aromatic carbocycles. The first kappa shape index (κ1) is 25.8. The fourth-order valence-corrected chi connectivity index (χ4v) is 5.30. The van der Waals surface area contributed by atoms with Crippen molar-refractivity contribution in [2.24, 2.45) is 10.9 Å². The minimum Gasteiger partial charge on any atom is -0.453 e. The van der Waals surface area contributed by atoms with E-state index in [0.29, 0.717) is 30.9 Å². The zero-order valence-electron chi connectivity index (χ0n) is 21.4. The van der Waals surface area contributed by atoms with Crippen LogP contribution in [-0.2, 0) is 4.79 Å². The molecule has 0 radical (unpaired) electrons. The predicted octanol–water partition coefficient (Wildman–Crippen LogP) is 6.20. The summed E-state index contributed by atoms with van der Waals surface area (Å²) in [6.45, 7) is 5.22. The molecule has 0 bridgehead atoms. The van der Waals surface area contributed by atoms with Gasteiger partial charge in [0.1, 0.15) is 5.75 Å². The molecule has 0 saturated heterocycles. The average molecular weight is 536 g/mol.